The Balaban J connectivity index is 2.16. The summed E-state index contributed by atoms with van der Waals surface area (Å²) >= 11 is 0. The van der Waals surface area contributed by atoms with Crippen LogP contribution in [0.4, 0.5) is 5.69 Å². The van der Waals surface area contributed by atoms with Crippen molar-refractivity contribution in [3.63, 3.8) is 0 Å². The first-order valence-corrected chi connectivity index (χ1v) is 7.03. The Bertz CT molecular complexity index is 508. The number of anilines is 1. The van der Waals surface area contributed by atoms with Crippen molar-refractivity contribution in [3.05, 3.63) is 18.2 Å². The fourth-order valence-corrected chi connectivity index (χ4v) is 3.06. The van der Waals surface area contributed by atoms with Crippen LogP contribution >= 0.6 is 0 Å². The van der Waals surface area contributed by atoms with Crippen molar-refractivity contribution in [1.82, 2.24) is 0 Å². The number of nitrogens with one attached hydrogen (secondary N) is 1. The summed E-state index contributed by atoms with van der Waals surface area (Å²) in [5, 5.41) is 9.56. The molecule has 94 valence electrons. The lowest BCUT2D eigenvalue weighted by Crippen LogP contribution is -2.17. The monoisotopic (exact) mass is 257 g/mol. The lowest BCUT2D eigenvalue weighted by atomic mass is 10.3. The van der Waals surface area contributed by atoms with Gasteiger partial charge in [-0.25, -0.2) is 8.42 Å². The molecule has 6 heteroatoms. The van der Waals surface area contributed by atoms with Gasteiger partial charge < -0.3 is 9.84 Å². The molecule has 2 N–H and O–H groups in total. The Morgan fingerprint density at radius 2 is 2.18 bits per heavy atom. The van der Waals surface area contributed by atoms with E-state index in [0.29, 0.717) is 5.75 Å². The molecule has 0 unspecified atom stereocenters. The second-order valence-corrected chi connectivity index (χ2v) is 5.98. The number of phenolic OH excluding ortho intramolecular Hbond substituents is 1. The first-order chi connectivity index (χ1) is 8.00. The number of methoxy groups -OCH3 is 1. The van der Waals surface area contributed by atoms with E-state index in [-0.39, 0.29) is 23.1 Å². The van der Waals surface area contributed by atoms with Crippen LogP contribution in [0, 0.1) is 5.92 Å². The maximum absolute atomic E-state index is 11.7. The van der Waals surface area contributed by atoms with Gasteiger partial charge >= 0.3 is 0 Å². The van der Waals surface area contributed by atoms with Crippen LogP contribution in [0.25, 0.3) is 0 Å². The van der Waals surface area contributed by atoms with Gasteiger partial charge in [0.1, 0.15) is 11.5 Å². The molecule has 1 aliphatic carbocycles. The fourth-order valence-electron chi connectivity index (χ4n) is 1.53. The van der Waals surface area contributed by atoms with Crippen LogP contribution in [0.5, 0.6) is 11.5 Å². The van der Waals surface area contributed by atoms with Gasteiger partial charge in [0.05, 0.1) is 18.6 Å². The molecule has 1 aliphatic rings. The molecule has 0 atom stereocenters. The molecule has 0 amide bonds. The summed E-state index contributed by atoms with van der Waals surface area (Å²) in [5.41, 5.74) is 0.157. The normalized spacial score (nSPS) is 15.6. The third-order valence-corrected chi connectivity index (χ3v) is 4.06. The van der Waals surface area contributed by atoms with Crippen LogP contribution in [0.2, 0.25) is 0 Å². The van der Waals surface area contributed by atoms with E-state index in [1.54, 1.807) is 6.07 Å². The van der Waals surface area contributed by atoms with E-state index in [4.69, 9.17) is 4.74 Å². The summed E-state index contributed by atoms with van der Waals surface area (Å²) in [6, 6.07) is 4.42. The van der Waals surface area contributed by atoms with Gasteiger partial charge in [-0.15, -0.1) is 0 Å². The minimum atomic E-state index is -3.38. The van der Waals surface area contributed by atoms with Crippen LogP contribution in [0.15, 0.2) is 18.2 Å². The van der Waals surface area contributed by atoms with E-state index >= 15 is 0 Å². The zero-order valence-corrected chi connectivity index (χ0v) is 10.3. The largest absolute Gasteiger partial charge is 0.506 e. The number of benzene rings is 1. The highest BCUT2D eigenvalue weighted by molar-refractivity contribution is 7.92. The third kappa shape index (κ3) is 3.26. The summed E-state index contributed by atoms with van der Waals surface area (Å²) in [6.07, 6.45) is 1.93. The highest BCUT2D eigenvalue weighted by Crippen LogP contribution is 2.33. The zero-order valence-electron chi connectivity index (χ0n) is 9.51. The highest BCUT2D eigenvalue weighted by atomic mass is 32.2. The van der Waals surface area contributed by atoms with Gasteiger partial charge in [0, 0.05) is 6.07 Å². The van der Waals surface area contributed by atoms with Gasteiger partial charge in [0.2, 0.25) is 10.0 Å². The van der Waals surface area contributed by atoms with E-state index in [2.05, 4.69) is 4.72 Å². The Kier molecular flexibility index (Phi) is 3.15. The molecule has 0 bridgehead atoms. The second-order valence-electron chi connectivity index (χ2n) is 4.21. The summed E-state index contributed by atoms with van der Waals surface area (Å²) in [4.78, 5) is 0. The predicted octanol–water partition coefficient (Wildman–Crippen LogP) is 1.55. The number of phenols is 1. The van der Waals surface area contributed by atoms with E-state index in [0.717, 1.165) is 12.8 Å². The Labute approximate surface area is 100 Å². The van der Waals surface area contributed by atoms with Gasteiger partial charge in [-0.1, -0.05) is 0 Å². The van der Waals surface area contributed by atoms with Crippen molar-refractivity contribution >= 4 is 15.7 Å². The van der Waals surface area contributed by atoms with Crippen LogP contribution in [0.1, 0.15) is 12.8 Å². The maximum atomic E-state index is 11.7. The number of ether oxygens (including phenoxy) is 1. The fraction of sp³-hybridized carbons (Fsp3) is 0.455. The Morgan fingerprint density at radius 1 is 1.47 bits per heavy atom. The summed E-state index contributed by atoms with van der Waals surface area (Å²) in [5.74, 6) is 0.765. The number of hydrogen-bond donors (Lipinski definition) is 2. The van der Waals surface area contributed by atoms with Crippen LogP contribution in [0.3, 0.4) is 0 Å². The lowest BCUT2D eigenvalue weighted by molar-refractivity contribution is 0.413. The average molecular weight is 257 g/mol. The first kappa shape index (κ1) is 12.0. The van der Waals surface area contributed by atoms with Crippen molar-refractivity contribution in [3.8, 4) is 11.5 Å². The molecule has 0 aromatic heterocycles. The number of rotatable bonds is 5. The molecule has 0 spiro atoms. The predicted molar refractivity (Wildman–Crippen MR) is 64.8 cm³/mol. The molecular formula is C11H15NO4S. The standard InChI is InChI=1S/C11H15NO4S/c1-16-9-4-5-11(13)10(6-9)12-17(14,15)7-8-2-3-8/h4-6,8,12-13H,2-3,7H2,1H3. The second kappa shape index (κ2) is 4.44. The van der Waals surface area contributed by atoms with Gasteiger partial charge in [-0.2, -0.15) is 0 Å². The smallest absolute Gasteiger partial charge is 0.233 e. The van der Waals surface area contributed by atoms with Crippen molar-refractivity contribution in [2.75, 3.05) is 17.6 Å². The molecule has 2 rings (SSSR count). The van der Waals surface area contributed by atoms with Crippen LogP contribution in [-0.2, 0) is 10.0 Å². The Morgan fingerprint density at radius 3 is 2.76 bits per heavy atom. The molecule has 0 heterocycles. The van der Waals surface area contributed by atoms with Crippen LogP contribution < -0.4 is 9.46 Å². The topological polar surface area (TPSA) is 75.6 Å². The molecule has 0 saturated heterocycles. The SMILES string of the molecule is COc1ccc(O)c(NS(=O)(=O)CC2CC2)c1. The minimum absolute atomic E-state index is 0.106. The van der Waals surface area contributed by atoms with Crippen molar-refractivity contribution < 1.29 is 18.3 Å². The van der Waals surface area contributed by atoms with E-state index in [9.17, 15) is 13.5 Å². The molecule has 1 fully saturated rings. The molecular weight excluding hydrogens is 242 g/mol. The Hall–Kier alpha value is -1.43. The molecule has 1 aromatic carbocycles. The van der Waals surface area contributed by atoms with Gasteiger partial charge in [0.25, 0.3) is 0 Å². The lowest BCUT2D eigenvalue weighted by Gasteiger charge is -2.10. The average Bonchev–Trinajstić information content (AvgIpc) is 3.04. The van der Waals surface area contributed by atoms with Crippen molar-refractivity contribution in [2.45, 2.75) is 12.8 Å². The summed E-state index contributed by atoms with van der Waals surface area (Å²) in [7, 11) is -1.90. The number of hydrogen-bond acceptors (Lipinski definition) is 4. The molecule has 1 aromatic rings. The number of aromatic hydroxyl groups is 1. The van der Waals surface area contributed by atoms with E-state index in [1.165, 1.54) is 19.2 Å². The summed E-state index contributed by atoms with van der Waals surface area (Å²) < 4.78 is 30.8. The third-order valence-electron chi connectivity index (χ3n) is 2.62. The van der Waals surface area contributed by atoms with E-state index in [1.807, 2.05) is 0 Å². The molecule has 5 nitrogen and oxygen atoms in total. The zero-order chi connectivity index (χ0) is 12.5. The first-order valence-electron chi connectivity index (χ1n) is 5.37. The van der Waals surface area contributed by atoms with Crippen molar-refractivity contribution in [1.29, 1.82) is 0 Å². The van der Waals surface area contributed by atoms with Crippen molar-refractivity contribution in [2.24, 2.45) is 5.92 Å². The summed E-state index contributed by atoms with van der Waals surface area (Å²) in [6.45, 7) is 0. The molecule has 17 heavy (non-hydrogen) atoms. The van der Waals surface area contributed by atoms with E-state index < -0.39 is 10.0 Å². The number of sulfonamides is 1. The minimum Gasteiger partial charge on any atom is -0.506 e. The molecule has 0 radical (unpaired) electrons. The van der Waals surface area contributed by atoms with Crippen LogP contribution in [-0.4, -0.2) is 26.4 Å². The maximum Gasteiger partial charge on any atom is 0.233 e. The van der Waals surface area contributed by atoms with Gasteiger partial charge in [0.15, 0.2) is 0 Å². The van der Waals surface area contributed by atoms with Gasteiger partial charge in [-0.05, 0) is 30.9 Å². The quantitative estimate of drug-likeness (QED) is 0.785. The highest BCUT2D eigenvalue weighted by Gasteiger charge is 2.28. The molecule has 0 aliphatic heterocycles. The van der Waals surface area contributed by atoms with Gasteiger partial charge in [-0.3, -0.25) is 4.72 Å². The molecule has 1 saturated carbocycles.